The third-order valence-electron chi connectivity index (χ3n) is 2.90. The molecule has 0 aliphatic rings. The molecule has 2 nitrogen and oxygen atoms in total. The Morgan fingerprint density at radius 2 is 2.00 bits per heavy atom. The first-order chi connectivity index (χ1) is 9.20. The monoisotopic (exact) mass is 295 g/mol. The molecule has 4 heteroatoms. The van der Waals surface area contributed by atoms with Crippen LogP contribution < -0.4 is 10.1 Å². The fourth-order valence-electron chi connectivity index (χ4n) is 1.93. The predicted molar refractivity (Wildman–Crippen MR) is 82.4 cm³/mol. The molecule has 1 aromatic heterocycles. The van der Waals surface area contributed by atoms with Gasteiger partial charge in [-0.25, -0.2) is 0 Å². The number of rotatable bonds is 6. The normalized spacial score (nSPS) is 12.4. The van der Waals surface area contributed by atoms with Crippen molar-refractivity contribution in [3.8, 4) is 5.75 Å². The third kappa shape index (κ3) is 3.96. The maximum atomic E-state index is 5.86. The standard InChI is InChI=1S/C15H18ClNOS/c1-3-17-14(15-11(2)8-9-19-15)10-18-13-6-4-12(16)5-7-13/h4-9,14,17H,3,10H2,1-2H3. The summed E-state index contributed by atoms with van der Waals surface area (Å²) in [5, 5.41) is 6.32. The van der Waals surface area contributed by atoms with E-state index in [0.29, 0.717) is 6.61 Å². The lowest BCUT2D eigenvalue weighted by Gasteiger charge is -2.18. The van der Waals surface area contributed by atoms with Crippen molar-refractivity contribution in [2.24, 2.45) is 0 Å². The Morgan fingerprint density at radius 1 is 1.26 bits per heavy atom. The highest BCUT2D eigenvalue weighted by atomic mass is 35.5. The Kier molecular flexibility index (Phi) is 5.25. The summed E-state index contributed by atoms with van der Waals surface area (Å²) in [7, 11) is 0. The summed E-state index contributed by atoms with van der Waals surface area (Å²) in [5.41, 5.74) is 1.32. The quantitative estimate of drug-likeness (QED) is 0.851. The smallest absolute Gasteiger partial charge is 0.119 e. The molecule has 0 spiro atoms. The number of aryl methyl sites for hydroxylation is 1. The second kappa shape index (κ2) is 6.94. The van der Waals surface area contributed by atoms with Gasteiger partial charge in [-0.3, -0.25) is 0 Å². The highest BCUT2D eigenvalue weighted by Crippen LogP contribution is 2.25. The number of hydrogen-bond donors (Lipinski definition) is 1. The van der Waals surface area contributed by atoms with Crippen LogP contribution in [0.25, 0.3) is 0 Å². The number of nitrogens with one attached hydrogen (secondary N) is 1. The maximum absolute atomic E-state index is 5.86. The van der Waals surface area contributed by atoms with Crippen molar-refractivity contribution < 1.29 is 4.74 Å². The van der Waals surface area contributed by atoms with Crippen molar-refractivity contribution in [3.05, 3.63) is 51.2 Å². The van der Waals surface area contributed by atoms with Gasteiger partial charge in [0, 0.05) is 9.90 Å². The molecule has 0 fully saturated rings. The van der Waals surface area contributed by atoms with Crippen LogP contribution in [-0.4, -0.2) is 13.2 Å². The second-order valence-corrected chi connectivity index (χ2v) is 5.73. The van der Waals surface area contributed by atoms with Gasteiger partial charge >= 0.3 is 0 Å². The highest BCUT2D eigenvalue weighted by Gasteiger charge is 2.14. The molecule has 2 rings (SSSR count). The van der Waals surface area contributed by atoms with Gasteiger partial charge in [0.1, 0.15) is 12.4 Å². The first kappa shape index (κ1) is 14.4. The molecule has 0 radical (unpaired) electrons. The minimum atomic E-state index is 0.237. The number of halogens is 1. The van der Waals surface area contributed by atoms with Gasteiger partial charge in [0.25, 0.3) is 0 Å². The molecule has 0 bridgehead atoms. The highest BCUT2D eigenvalue weighted by molar-refractivity contribution is 7.10. The molecule has 1 unspecified atom stereocenters. The van der Waals surface area contributed by atoms with Crippen LogP contribution in [0.15, 0.2) is 35.7 Å². The van der Waals surface area contributed by atoms with E-state index in [1.54, 1.807) is 11.3 Å². The van der Waals surface area contributed by atoms with Gasteiger partial charge in [0.2, 0.25) is 0 Å². The Hall–Kier alpha value is -1.03. The van der Waals surface area contributed by atoms with Crippen molar-refractivity contribution in [2.45, 2.75) is 19.9 Å². The van der Waals surface area contributed by atoms with E-state index in [1.807, 2.05) is 24.3 Å². The van der Waals surface area contributed by atoms with Gasteiger partial charge in [-0.2, -0.15) is 0 Å². The molecule has 0 saturated carbocycles. The van der Waals surface area contributed by atoms with Crippen LogP contribution in [-0.2, 0) is 0 Å². The van der Waals surface area contributed by atoms with Gasteiger partial charge in [0.15, 0.2) is 0 Å². The predicted octanol–water partition coefficient (Wildman–Crippen LogP) is 4.44. The molecule has 19 heavy (non-hydrogen) atoms. The Morgan fingerprint density at radius 3 is 2.58 bits per heavy atom. The Balaban J connectivity index is 2.01. The van der Waals surface area contributed by atoms with Gasteiger partial charge < -0.3 is 10.1 Å². The van der Waals surface area contributed by atoms with Crippen molar-refractivity contribution >= 4 is 22.9 Å². The largest absolute Gasteiger partial charge is 0.492 e. The summed E-state index contributed by atoms with van der Waals surface area (Å²) in [4.78, 5) is 1.34. The van der Waals surface area contributed by atoms with E-state index >= 15 is 0 Å². The minimum Gasteiger partial charge on any atom is -0.492 e. The summed E-state index contributed by atoms with van der Waals surface area (Å²) in [6.45, 7) is 5.79. The molecular weight excluding hydrogens is 278 g/mol. The van der Waals surface area contributed by atoms with Crippen LogP contribution in [0.4, 0.5) is 0 Å². The first-order valence-electron chi connectivity index (χ1n) is 6.36. The van der Waals surface area contributed by atoms with E-state index in [4.69, 9.17) is 16.3 Å². The van der Waals surface area contributed by atoms with Crippen molar-refractivity contribution in [3.63, 3.8) is 0 Å². The van der Waals surface area contributed by atoms with Crippen molar-refractivity contribution in [1.29, 1.82) is 0 Å². The van der Waals surface area contributed by atoms with E-state index < -0.39 is 0 Å². The summed E-state index contributed by atoms with van der Waals surface area (Å²) >= 11 is 7.63. The SMILES string of the molecule is CCNC(COc1ccc(Cl)cc1)c1sccc1C. The van der Waals surface area contributed by atoms with Crippen molar-refractivity contribution in [1.82, 2.24) is 5.32 Å². The van der Waals surface area contributed by atoms with Gasteiger partial charge in [-0.1, -0.05) is 18.5 Å². The van der Waals surface area contributed by atoms with Crippen LogP contribution in [0.3, 0.4) is 0 Å². The van der Waals surface area contributed by atoms with Crippen LogP contribution in [0.2, 0.25) is 5.02 Å². The summed E-state index contributed by atoms with van der Waals surface area (Å²) in [6.07, 6.45) is 0. The Labute approximate surface area is 123 Å². The van der Waals surface area contributed by atoms with Crippen LogP contribution >= 0.6 is 22.9 Å². The van der Waals surface area contributed by atoms with Crippen LogP contribution in [0.1, 0.15) is 23.4 Å². The van der Waals surface area contributed by atoms with E-state index in [-0.39, 0.29) is 6.04 Å². The van der Waals surface area contributed by atoms with E-state index in [2.05, 4.69) is 30.6 Å². The fraction of sp³-hybridized carbons (Fsp3) is 0.333. The molecule has 1 aromatic carbocycles. The zero-order valence-electron chi connectivity index (χ0n) is 11.2. The number of benzene rings is 1. The molecule has 0 aliphatic carbocycles. The van der Waals surface area contributed by atoms with Gasteiger partial charge in [-0.15, -0.1) is 11.3 Å². The molecule has 1 N–H and O–H groups in total. The molecule has 102 valence electrons. The lowest BCUT2D eigenvalue weighted by molar-refractivity contribution is 0.270. The summed E-state index contributed by atoms with van der Waals surface area (Å²) < 4.78 is 5.84. The van der Waals surface area contributed by atoms with Crippen molar-refractivity contribution in [2.75, 3.05) is 13.2 Å². The summed E-state index contributed by atoms with van der Waals surface area (Å²) in [5.74, 6) is 0.849. The average molecular weight is 296 g/mol. The lowest BCUT2D eigenvalue weighted by atomic mass is 10.2. The molecule has 2 aromatic rings. The molecule has 1 heterocycles. The van der Waals surface area contributed by atoms with E-state index in [9.17, 15) is 0 Å². The third-order valence-corrected chi connectivity index (χ3v) is 4.28. The fourth-order valence-corrected chi connectivity index (χ4v) is 3.04. The zero-order chi connectivity index (χ0) is 13.7. The van der Waals surface area contributed by atoms with Crippen LogP contribution in [0, 0.1) is 6.92 Å². The van der Waals surface area contributed by atoms with E-state index in [1.165, 1.54) is 10.4 Å². The minimum absolute atomic E-state index is 0.237. The molecule has 0 amide bonds. The molecular formula is C15H18ClNOS. The Bertz CT molecular complexity index is 509. The maximum Gasteiger partial charge on any atom is 0.119 e. The van der Waals surface area contributed by atoms with Gasteiger partial charge in [0.05, 0.1) is 6.04 Å². The topological polar surface area (TPSA) is 21.3 Å². The average Bonchev–Trinajstić information content (AvgIpc) is 2.83. The summed E-state index contributed by atoms with van der Waals surface area (Å²) in [6, 6.07) is 9.86. The number of ether oxygens (including phenoxy) is 1. The first-order valence-corrected chi connectivity index (χ1v) is 7.62. The molecule has 0 saturated heterocycles. The molecule has 1 atom stereocenters. The van der Waals surface area contributed by atoms with Gasteiger partial charge in [-0.05, 0) is 54.7 Å². The number of likely N-dealkylation sites (N-methyl/N-ethyl adjacent to an activating group) is 1. The lowest BCUT2D eigenvalue weighted by Crippen LogP contribution is -2.26. The van der Waals surface area contributed by atoms with Crippen LogP contribution in [0.5, 0.6) is 5.75 Å². The molecule has 0 aliphatic heterocycles. The second-order valence-electron chi connectivity index (χ2n) is 4.34. The number of thiophene rings is 1. The zero-order valence-corrected chi connectivity index (χ0v) is 12.7. The number of hydrogen-bond acceptors (Lipinski definition) is 3. The van der Waals surface area contributed by atoms with E-state index in [0.717, 1.165) is 17.3 Å².